The second-order valence-corrected chi connectivity index (χ2v) is 6.80. The summed E-state index contributed by atoms with van der Waals surface area (Å²) in [6, 6.07) is 5.17. The Labute approximate surface area is 131 Å². The number of hydrogen-bond donors (Lipinski definition) is 2. The number of hydrogen-bond acceptors (Lipinski definition) is 5. The molecule has 0 radical (unpaired) electrons. The fraction of sp³-hybridized carbons (Fsp3) is 0.308. The van der Waals surface area contributed by atoms with Crippen LogP contribution in [0.1, 0.15) is 23.9 Å². The molecule has 0 spiro atoms. The van der Waals surface area contributed by atoms with E-state index in [9.17, 15) is 8.42 Å². The maximum absolute atomic E-state index is 12.3. The summed E-state index contributed by atoms with van der Waals surface area (Å²) in [6.45, 7) is 2.26. The molecule has 0 aliphatic carbocycles. The van der Waals surface area contributed by atoms with Crippen molar-refractivity contribution in [3.8, 4) is 0 Å². The lowest BCUT2D eigenvalue weighted by Crippen LogP contribution is -2.24. The zero-order valence-corrected chi connectivity index (χ0v) is 13.9. The number of furan rings is 1. The van der Waals surface area contributed by atoms with Gasteiger partial charge in [0.05, 0.1) is 18.8 Å². The third kappa shape index (κ3) is 3.70. The third-order valence-electron chi connectivity index (χ3n) is 2.99. The van der Waals surface area contributed by atoms with E-state index in [1.54, 1.807) is 6.20 Å². The van der Waals surface area contributed by atoms with Crippen LogP contribution in [-0.2, 0) is 29.5 Å². The normalized spacial score (nSPS) is 11.8. The quantitative estimate of drug-likeness (QED) is 0.805. The minimum absolute atomic E-state index is 0.0388. The molecule has 0 aliphatic rings. The second-order valence-electron chi connectivity index (χ2n) is 4.34. The molecule has 0 amide bonds. The van der Waals surface area contributed by atoms with Gasteiger partial charge in [-0.25, -0.2) is 13.1 Å². The van der Waals surface area contributed by atoms with Crippen LogP contribution < -0.4 is 10.5 Å². The van der Waals surface area contributed by atoms with Gasteiger partial charge in [-0.15, -0.1) is 0 Å². The molecule has 2 heterocycles. The molecule has 114 valence electrons. The van der Waals surface area contributed by atoms with E-state index < -0.39 is 10.0 Å². The Morgan fingerprint density at radius 3 is 2.86 bits per heavy atom. The number of nitrogens with two attached hydrogens (primary N) is 1. The second kappa shape index (κ2) is 6.69. The van der Waals surface area contributed by atoms with Gasteiger partial charge in [0.1, 0.15) is 10.7 Å². The number of pyridine rings is 1. The Kier molecular flexibility index (Phi) is 5.15. The molecule has 2 rings (SSSR count). The van der Waals surface area contributed by atoms with Gasteiger partial charge in [-0.3, -0.25) is 4.98 Å². The summed E-state index contributed by atoms with van der Waals surface area (Å²) >= 11 is 3.09. The van der Waals surface area contributed by atoms with E-state index in [4.69, 9.17) is 10.2 Å². The van der Waals surface area contributed by atoms with E-state index in [-0.39, 0.29) is 22.7 Å². The lowest BCUT2D eigenvalue weighted by atomic mass is 10.1. The Bertz CT molecular complexity index is 728. The molecule has 2 aromatic rings. The van der Waals surface area contributed by atoms with Crippen molar-refractivity contribution in [3.63, 3.8) is 0 Å². The van der Waals surface area contributed by atoms with E-state index in [0.29, 0.717) is 11.5 Å². The average molecular weight is 374 g/mol. The van der Waals surface area contributed by atoms with E-state index >= 15 is 0 Å². The smallest absolute Gasteiger partial charge is 0.245 e. The molecule has 0 atom stereocenters. The van der Waals surface area contributed by atoms with Crippen molar-refractivity contribution in [1.29, 1.82) is 0 Å². The first-order chi connectivity index (χ1) is 9.97. The van der Waals surface area contributed by atoms with Gasteiger partial charge in [-0.2, -0.15) is 0 Å². The van der Waals surface area contributed by atoms with Gasteiger partial charge >= 0.3 is 0 Å². The molecular weight excluding hydrogens is 358 g/mol. The molecule has 6 nitrogen and oxygen atoms in total. The number of aromatic nitrogens is 1. The lowest BCUT2D eigenvalue weighted by Gasteiger charge is -2.08. The van der Waals surface area contributed by atoms with Gasteiger partial charge < -0.3 is 10.2 Å². The lowest BCUT2D eigenvalue weighted by molar-refractivity contribution is 0.483. The van der Waals surface area contributed by atoms with Crippen molar-refractivity contribution in [1.82, 2.24) is 9.71 Å². The van der Waals surface area contributed by atoms with Gasteiger partial charge in [-0.1, -0.05) is 13.0 Å². The van der Waals surface area contributed by atoms with Gasteiger partial charge in [0.25, 0.3) is 0 Å². The SMILES string of the molecule is CCc1cccnc1CNS(=O)(=O)c1cc(CN)oc1Br. The average Bonchev–Trinajstić information content (AvgIpc) is 2.87. The first-order valence-electron chi connectivity index (χ1n) is 6.38. The maximum atomic E-state index is 12.3. The van der Waals surface area contributed by atoms with Gasteiger partial charge in [0.15, 0.2) is 4.67 Å². The van der Waals surface area contributed by atoms with Crippen molar-refractivity contribution in [2.45, 2.75) is 31.3 Å². The van der Waals surface area contributed by atoms with Crippen molar-refractivity contribution in [2.75, 3.05) is 0 Å². The van der Waals surface area contributed by atoms with Crippen LogP contribution in [0.15, 0.2) is 38.4 Å². The van der Waals surface area contributed by atoms with Crippen LogP contribution in [0.3, 0.4) is 0 Å². The van der Waals surface area contributed by atoms with E-state index in [1.807, 2.05) is 19.1 Å². The number of sulfonamides is 1. The molecule has 2 aromatic heterocycles. The molecule has 0 fully saturated rings. The minimum atomic E-state index is -3.69. The monoisotopic (exact) mass is 373 g/mol. The largest absolute Gasteiger partial charge is 0.452 e. The molecule has 0 unspecified atom stereocenters. The first-order valence-corrected chi connectivity index (χ1v) is 8.66. The third-order valence-corrected chi connectivity index (χ3v) is 5.25. The summed E-state index contributed by atoms with van der Waals surface area (Å²) in [5.74, 6) is 0.398. The predicted molar refractivity (Wildman–Crippen MR) is 81.9 cm³/mol. The molecule has 0 aromatic carbocycles. The van der Waals surface area contributed by atoms with Crippen molar-refractivity contribution < 1.29 is 12.8 Å². The Morgan fingerprint density at radius 1 is 1.48 bits per heavy atom. The van der Waals surface area contributed by atoms with Crippen molar-refractivity contribution in [2.24, 2.45) is 5.73 Å². The molecule has 0 saturated heterocycles. The van der Waals surface area contributed by atoms with Crippen LogP contribution in [0.2, 0.25) is 0 Å². The molecule has 3 N–H and O–H groups in total. The van der Waals surface area contributed by atoms with Crippen LogP contribution in [0.4, 0.5) is 0 Å². The maximum Gasteiger partial charge on any atom is 0.245 e. The van der Waals surface area contributed by atoms with Crippen LogP contribution >= 0.6 is 15.9 Å². The molecule has 8 heteroatoms. The highest BCUT2D eigenvalue weighted by Gasteiger charge is 2.22. The Hall–Kier alpha value is -1.22. The van der Waals surface area contributed by atoms with Crippen molar-refractivity contribution >= 4 is 26.0 Å². The summed E-state index contributed by atoms with van der Waals surface area (Å²) in [5.41, 5.74) is 7.16. The summed E-state index contributed by atoms with van der Waals surface area (Å²) in [5, 5.41) is 0. The van der Waals surface area contributed by atoms with Crippen LogP contribution in [-0.4, -0.2) is 13.4 Å². The molecular formula is C13H16BrN3O3S. The minimum Gasteiger partial charge on any atom is -0.452 e. The molecule has 0 bridgehead atoms. The van der Waals surface area contributed by atoms with Crippen LogP contribution in [0.25, 0.3) is 0 Å². The predicted octanol–water partition coefficient (Wildman–Crippen LogP) is 1.94. The Balaban J connectivity index is 2.20. The standard InChI is InChI=1S/C13H16BrN3O3S/c1-2-9-4-3-5-16-11(9)8-17-21(18,19)12-6-10(7-15)20-13(12)14/h3-6,17H,2,7-8,15H2,1H3. The fourth-order valence-corrected chi connectivity index (χ4v) is 3.86. The highest BCUT2D eigenvalue weighted by molar-refractivity contribution is 9.10. The number of aryl methyl sites for hydroxylation is 1. The molecule has 21 heavy (non-hydrogen) atoms. The van der Waals surface area contributed by atoms with E-state index in [0.717, 1.165) is 12.0 Å². The van der Waals surface area contributed by atoms with Crippen molar-refractivity contribution in [3.05, 3.63) is 46.1 Å². The zero-order valence-electron chi connectivity index (χ0n) is 11.5. The highest BCUT2D eigenvalue weighted by atomic mass is 79.9. The van der Waals surface area contributed by atoms with Gasteiger partial charge in [-0.05, 0) is 34.0 Å². The van der Waals surface area contributed by atoms with Crippen LogP contribution in [0, 0.1) is 0 Å². The van der Waals surface area contributed by atoms with Gasteiger partial charge in [0.2, 0.25) is 10.0 Å². The molecule has 0 aliphatic heterocycles. The number of rotatable bonds is 6. The first kappa shape index (κ1) is 16.2. The summed E-state index contributed by atoms with van der Waals surface area (Å²) in [7, 11) is -3.69. The summed E-state index contributed by atoms with van der Waals surface area (Å²) in [4.78, 5) is 4.25. The zero-order chi connectivity index (χ0) is 15.5. The van der Waals surface area contributed by atoms with Gasteiger partial charge in [0, 0.05) is 12.3 Å². The van der Waals surface area contributed by atoms with E-state index in [1.165, 1.54) is 6.07 Å². The summed E-state index contributed by atoms with van der Waals surface area (Å²) < 4.78 is 32.4. The number of nitrogens with zero attached hydrogens (tertiary/aromatic N) is 1. The fourth-order valence-electron chi connectivity index (χ4n) is 1.88. The summed E-state index contributed by atoms with van der Waals surface area (Å²) in [6.07, 6.45) is 2.43. The topological polar surface area (TPSA) is 98.2 Å². The number of nitrogens with one attached hydrogen (secondary N) is 1. The van der Waals surface area contributed by atoms with E-state index in [2.05, 4.69) is 25.6 Å². The highest BCUT2D eigenvalue weighted by Crippen LogP contribution is 2.26. The van der Waals surface area contributed by atoms with Crippen LogP contribution in [0.5, 0.6) is 0 Å². The molecule has 0 saturated carbocycles. The number of halogens is 1. The Morgan fingerprint density at radius 2 is 2.24 bits per heavy atom.